The molecule has 0 N–H and O–H groups in total. The van der Waals surface area contributed by atoms with Gasteiger partial charge in [-0.15, -0.1) is 12.3 Å². The third-order valence-corrected chi connectivity index (χ3v) is 3.58. The molecule has 0 aliphatic carbocycles. The van der Waals surface area contributed by atoms with Crippen LogP contribution in [0.1, 0.15) is 12.0 Å². The first-order valence-electron chi connectivity index (χ1n) is 6.83. The maximum Gasteiger partial charge on any atom is 0.119 e. The summed E-state index contributed by atoms with van der Waals surface area (Å²) in [4.78, 5) is 4.93. The van der Waals surface area contributed by atoms with E-state index in [1.807, 2.05) is 6.07 Å². The molecule has 3 heteroatoms. The SMILES string of the molecule is C#CCCN1CCN(Cc2cccc(OC)c2)CC1. The predicted molar refractivity (Wildman–Crippen MR) is 78.2 cm³/mol. The number of benzene rings is 1. The fraction of sp³-hybridized carbons (Fsp3) is 0.500. The molecule has 3 nitrogen and oxygen atoms in total. The predicted octanol–water partition coefficient (Wildman–Crippen LogP) is 1.84. The molecule has 1 aliphatic heterocycles. The van der Waals surface area contributed by atoms with Gasteiger partial charge in [-0.25, -0.2) is 0 Å². The average molecular weight is 258 g/mol. The van der Waals surface area contributed by atoms with E-state index in [0.29, 0.717) is 0 Å². The van der Waals surface area contributed by atoms with Gasteiger partial charge in [-0.1, -0.05) is 12.1 Å². The first kappa shape index (κ1) is 13.9. The van der Waals surface area contributed by atoms with E-state index in [9.17, 15) is 0 Å². The van der Waals surface area contributed by atoms with Crippen molar-refractivity contribution in [1.29, 1.82) is 0 Å². The first-order valence-corrected chi connectivity index (χ1v) is 6.83. The number of hydrogen-bond donors (Lipinski definition) is 0. The molecule has 0 atom stereocenters. The van der Waals surface area contributed by atoms with E-state index in [2.05, 4.69) is 33.9 Å². The van der Waals surface area contributed by atoms with Crippen LogP contribution in [0.5, 0.6) is 5.75 Å². The van der Waals surface area contributed by atoms with Gasteiger partial charge in [0.15, 0.2) is 0 Å². The normalized spacial score (nSPS) is 17.1. The number of terminal acetylenes is 1. The molecule has 1 fully saturated rings. The van der Waals surface area contributed by atoms with Crippen molar-refractivity contribution in [2.45, 2.75) is 13.0 Å². The van der Waals surface area contributed by atoms with E-state index >= 15 is 0 Å². The van der Waals surface area contributed by atoms with Gasteiger partial charge in [0.1, 0.15) is 5.75 Å². The van der Waals surface area contributed by atoms with E-state index in [0.717, 1.165) is 51.4 Å². The van der Waals surface area contributed by atoms with Gasteiger partial charge in [0.2, 0.25) is 0 Å². The molecule has 0 aromatic heterocycles. The van der Waals surface area contributed by atoms with E-state index in [1.54, 1.807) is 7.11 Å². The topological polar surface area (TPSA) is 15.7 Å². The van der Waals surface area contributed by atoms with Gasteiger partial charge in [-0.2, -0.15) is 0 Å². The lowest BCUT2D eigenvalue weighted by Gasteiger charge is -2.34. The van der Waals surface area contributed by atoms with Crippen molar-refractivity contribution in [3.05, 3.63) is 29.8 Å². The van der Waals surface area contributed by atoms with Crippen LogP contribution in [0.2, 0.25) is 0 Å². The van der Waals surface area contributed by atoms with Crippen molar-refractivity contribution in [3.8, 4) is 18.1 Å². The molecule has 0 spiro atoms. The number of ether oxygens (including phenoxy) is 1. The van der Waals surface area contributed by atoms with Crippen molar-refractivity contribution < 1.29 is 4.74 Å². The highest BCUT2D eigenvalue weighted by atomic mass is 16.5. The molecule has 0 radical (unpaired) electrons. The number of hydrogen-bond acceptors (Lipinski definition) is 3. The number of rotatable bonds is 5. The summed E-state index contributed by atoms with van der Waals surface area (Å²) >= 11 is 0. The van der Waals surface area contributed by atoms with Gasteiger partial charge in [0, 0.05) is 45.7 Å². The van der Waals surface area contributed by atoms with Crippen molar-refractivity contribution >= 4 is 0 Å². The summed E-state index contributed by atoms with van der Waals surface area (Å²) in [5.74, 6) is 3.64. The Hall–Kier alpha value is -1.50. The highest BCUT2D eigenvalue weighted by molar-refractivity contribution is 5.28. The van der Waals surface area contributed by atoms with Gasteiger partial charge < -0.3 is 4.74 Å². The van der Waals surface area contributed by atoms with Crippen molar-refractivity contribution in [2.24, 2.45) is 0 Å². The Morgan fingerprint density at radius 3 is 2.63 bits per heavy atom. The Balaban J connectivity index is 1.80. The van der Waals surface area contributed by atoms with Gasteiger partial charge in [-0.05, 0) is 17.7 Å². The minimum absolute atomic E-state index is 0.857. The zero-order valence-corrected chi connectivity index (χ0v) is 11.6. The molecule has 1 heterocycles. The second-order valence-corrected chi connectivity index (χ2v) is 4.92. The van der Waals surface area contributed by atoms with E-state index in [-0.39, 0.29) is 0 Å². The molecule has 1 aromatic carbocycles. The third-order valence-electron chi connectivity index (χ3n) is 3.58. The highest BCUT2D eigenvalue weighted by Gasteiger charge is 2.16. The maximum absolute atomic E-state index is 5.30. The standard InChI is InChI=1S/C16H22N2O/c1-3-4-8-17-9-11-18(12-10-17)14-15-6-5-7-16(13-15)19-2/h1,5-7,13H,4,8-12,14H2,2H3. The van der Waals surface area contributed by atoms with Gasteiger partial charge in [0.05, 0.1) is 7.11 Å². The van der Waals surface area contributed by atoms with Crippen molar-refractivity contribution in [2.75, 3.05) is 39.8 Å². The molecule has 1 saturated heterocycles. The van der Waals surface area contributed by atoms with Crippen LogP contribution in [-0.4, -0.2) is 49.6 Å². The summed E-state index contributed by atoms with van der Waals surface area (Å²) in [6.07, 6.45) is 6.16. The Morgan fingerprint density at radius 2 is 1.95 bits per heavy atom. The lowest BCUT2D eigenvalue weighted by atomic mass is 10.2. The molecule has 1 aliphatic rings. The molecule has 19 heavy (non-hydrogen) atoms. The smallest absolute Gasteiger partial charge is 0.119 e. The minimum atomic E-state index is 0.857. The number of methoxy groups -OCH3 is 1. The average Bonchev–Trinajstić information content (AvgIpc) is 2.47. The molecular formula is C16H22N2O. The molecule has 0 saturated carbocycles. The Labute approximate surface area is 116 Å². The van der Waals surface area contributed by atoms with Crippen LogP contribution in [-0.2, 0) is 6.54 Å². The second kappa shape index (κ2) is 7.18. The quantitative estimate of drug-likeness (QED) is 0.750. The van der Waals surface area contributed by atoms with Gasteiger partial charge >= 0.3 is 0 Å². The Morgan fingerprint density at radius 1 is 1.21 bits per heavy atom. The molecule has 0 bridgehead atoms. The van der Waals surface area contributed by atoms with Crippen LogP contribution in [0.15, 0.2) is 24.3 Å². The van der Waals surface area contributed by atoms with Crippen molar-refractivity contribution in [3.63, 3.8) is 0 Å². The van der Waals surface area contributed by atoms with E-state index < -0.39 is 0 Å². The zero-order chi connectivity index (χ0) is 13.5. The van der Waals surface area contributed by atoms with Crippen LogP contribution >= 0.6 is 0 Å². The fourth-order valence-corrected chi connectivity index (χ4v) is 2.42. The van der Waals surface area contributed by atoms with Crippen LogP contribution in [0, 0.1) is 12.3 Å². The minimum Gasteiger partial charge on any atom is -0.497 e. The van der Waals surface area contributed by atoms with E-state index in [4.69, 9.17) is 11.2 Å². The monoisotopic (exact) mass is 258 g/mol. The summed E-state index contributed by atoms with van der Waals surface area (Å²) in [5.41, 5.74) is 1.32. The van der Waals surface area contributed by atoms with Gasteiger partial charge in [-0.3, -0.25) is 9.80 Å². The van der Waals surface area contributed by atoms with Crippen LogP contribution in [0.3, 0.4) is 0 Å². The summed E-state index contributed by atoms with van der Waals surface area (Å²) in [7, 11) is 1.71. The lowest BCUT2D eigenvalue weighted by molar-refractivity contribution is 0.129. The lowest BCUT2D eigenvalue weighted by Crippen LogP contribution is -2.46. The van der Waals surface area contributed by atoms with Crippen LogP contribution in [0.4, 0.5) is 0 Å². The largest absolute Gasteiger partial charge is 0.497 e. The highest BCUT2D eigenvalue weighted by Crippen LogP contribution is 2.15. The summed E-state index contributed by atoms with van der Waals surface area (Å²) < 4.78 is 5.26. The molecule has 1 aromatic rings. The maximum atomic E-state index is 5.30. The molecule has 102 valence electrons. The van der Waals surface area contributed by atoms with E-state index in [1.165, 1.54) is 5.56 Å². The third kappa shape index (κ3) is 4.27. The Kier molecular flexibility index (Phi) is 5.26. The van der Waals surface area contributed by atoms with Gasteiger partial charge in [0.25, 0.3) is 0 Å². The summed E-state index contributed by atoms with van der Waals surface area (Å²) in [6.45, 7) is 6.49. The second-order valence-electron chi connectivity index (χ2n) is 4.92. The first-order chi connectivity index (χ1) is 9.31. The molecule has 0 amide bonds. The van der Waals surface area contributed by atoms with Crippen LogP contribution in [0.25, 0.3) is 0 Å². The fourth-order valence-electron chi connectivity index (χ4n) is 2.42. The molecular weight excluding hydrogens is 236 g/mol. The summed E-state index contributed by atoms with van der Waals surface area (Å²) in [6, 6.07) is 8.32. The number of piperazine rings is 1. The number of nitrogens with zero attached hydrogens (tertiary/aromatic N) is 2. The zero-order valence-electron chi connectivity index (χ0n) is 11.6. The summed E-state index contributed by atoms with van der Waals surface area (Å²) in [5, 5.41) is 0. The molecule has 0 unspecified atom stereocenters. The van der Waals surface area contributed by atoms with Crippen molar-refractivity contribution in [1.82, 2.24) is 9.80 Å². The Bertz CT molecular complexity index is 431. The van der Waals surface area contributed by atoms with Crippen LogP contribution < -0.4 is 4.74 Å². The molecule has 2 rings (SSSR count).